The first-order valence-electron chi connectivity index (χ1n) is 9.80. The van der Waals surface area contributed by atoms with Crippen LogP contribution in [-0.2, 0) is 0 Å². The number of amides is 1. The van der Waals surface area contributed by atoms with Gasteiger partial charge in [0.05, 0.1) is 11.1 Å². The Balaban J connectivity index is 1.44. The molecule has 1 aromatic carbocycles. The van der Waals surface area contributed by atoms with Crippen LogP contribution in [0.3, 0.4) is 0 Å². The van der Waals surface area contributed by atoms with Crippen LogP contribution in [0.25, 0.3) is 22.3 Å². The van der Waals surface area contributed by atoms with E-state index in [0.717, 1.165) is 5.56 Å². The molecule has 0 spiro atoms. The van der Waals surface area contributed by atoms with Crippen LogP contribution in [0.15, 0.2) is 52.1 Å². The number of fused-ring (bicyclic) bond motifs is 2. The van der Waals surface area contributed by atoms with Crippen LogP contribution in [0, 0.1) is 6.92 Å². The van der Waals surface area contributed by atoms with Crippen molar-refractivity contribution in [3.8, 4) is 22.8 Å². The highest BCUT2D eigenvalue weighted by molar-refractivity contribution is 6.03. The number of rotatable bonds is 3. The molecule has 5 rings (SSSR count). The molecule has 10 heteroatoms. The molecular weight excluding hydrogens is 414 g/mol. The molecule has 1 aliphatic rings. The van der Waals surface area contributed by atoms with Gasteiger partial charge < -0.3 is 14.8 Å². The van der Waals surface area contributed by atoms with Gasteiger partial charge in [0.25, 0.3) is 11.5 Å². The first kappa shape index (κ1) is 19.5. The summed E-state index contributed by atoms with van der Waals surface area (Å²) in [6.45, 7) is 2.65. The van der Waals surface area contributed by atoms with Crippen molar-refractivity contribution in [3.05, 3.63) is 74.6 Å². The van der Waals surface area contributed by atoms with E-state index in [1.54, 1.807) is 19.1 Å². The van der Waals surface area contributed by atoms with Crippen molar-refractivity contribution in [2.45, 2.75) is 6.92 Å². The second-order valence-electron chi connectivity index (χ2n) is 7.18. The van der Waals surface area contributed by atoms with Crippen LogP contribution in [0.4, 0.5) is 5.82 Å². The number of carbonyl (C=O) groups is 1. The number of hydrogen-bond acceptors (Lipinski definition) is 7. The van der Waals surface area contributed by atoms with E-state index in [4.69, 9.17) is 9.47 Å². The predicted octanol–water partition coefficient (Wildman–Crippen LogP) is 2.01. The van der Waals surface area contributed by atoms with E-state index in [0.29, 0.717) is 41.8 Å². The van der Waals surface area contributed by atoms with Gasteiger partial charge in [0, 0.05) is 5.56 Å². The van der Waals surface area contributed by atoms with Crippen LogP contribution in [0.5, 0.6) is 11.5 Å². The lowest BCUT2D eigenvalue weighted by molar-refractivity contribution is 0.102. The molecule has 4 aromatic rings. The Bertz CT molecular complexity index is 1490. The fourth-order valence-electron chi connectivity index (χ4n) is 3.52. The lowest BCUT2D eigenvalue weighted by atomic mass is 10.1. The second-order valence-corrected chi connectivity index (χ2v) is 7.18. The Hall–Kier alpha value is -4.47. The number of carbonyl (C=O) groups excluding carboxylic acids is 1. The molecule has 0 radical (unpaired) electrons. The molecule has 3 N–H and O–H groups in total. The van der Waals surface area contributed by atoms with Crippen LogP contribution in [-0.4, -0.2) is 39.1 Å². The zero-order valence-corrected chi connectivity index (χ0v) is 16.9. The van der Waals surface area contributed by atoms with Crippen LogP contribution < -0.4 is 26.0 Å². The van der Waals surface area contributed by atoms with E-state index in [1.807, 2.05) is 24.3 Å². The maximum atomic E-state index is 12.8. The number of hydrogen-bond donors (Lipinski definition) is 3. The third-order valence-electron chi connectivity index (χ3n) is 4.96. The summed E-state index contributed by atoms with van der Waals surface area (Å²) in [5.41, 5.74) is 0.788. The molecule has 0 atom stereocenters. The Labute approximate surface area is 180 Å². The van der Waals surface area contributed by atoms with Gasteiger partial charge in [-0.1, -0.05) is 6.07 Å². The first-order chi connectivity index (χ1) is 15.5. The number of ether oxygens (including phenoxy) is 2. The minimum Gasteiger partial charge on any atom is -0.486 e. The topological polar surface area (TPSA) is 139 Å². The monoisotopic (exact) mass is 431 g/mol. The minimum absolute atomic E-state index is 0.0434. The summed E-state index contributed by atoms with van der Waals surface area (Å²) in [4.78, 5) is 49.6. The maximum Gasteiger partial charge on any atom is 0.327 e. The summed E-state index contributed by atoms with van der Waals surface area (Å²) in [6.07, 6.45) is 0. The van der Waals surface area contributed by atoms with E-state index in [9.17, 15) is 14.4 Å². The molecule has 10 nitrogen and oxygen atoms in total. The van der Waals surface area contributed by atoms with Gasteiger partial charge in [0.15, 0.2) is 11.5 Å². The summed E-state index contributed by atoms with van der Waals surface area (Å²) < 4.78 is 11.2. The van der Waals surface area contributed by atoms with Crippen molar-refractivity contribution in [1.29, 1.82) is 0 Å². The highest BCUT2D eigenvalue weighted by Crippen LogP contribution is 2.34. The van der Waals surface area contributed by atoms with Crippen molar-refractivity contribution < 1.29 is 14.3 Å². The number of aryl methyl sites for hydroxylation is 1. The molecule has 32 heavy (non-hydrogen) atoms. The lowest BCUT2D eigenvalue weighted by Crippen LogP contribution is -2.24. The zero-order chi connectivity index (χ0) is 22.2. The van der Waals surface area contributed by atoms with E-state index in [1.165, 1.54) is 6.07 Å². The number of anilines is 1. The second kappa shape index (κ2) is 7.65. The third kappa shape index (κ3) is 3.58. The van der Waals surface area contributed by atoms with Crippen molar-refractivity contribution in [3.63, 3.8) is 0 Å². The summed E-state index contributed by atoms with van der Waals surface area (Å²) in [7, 11) is 0. The smallest absolute Gasteiger partial charge is 0.327 e. The Morgan fingerprint density at radius 3 is 2.66 bits per heavy atom. The Morgan fingerprint density at radius 2 is 1.81 bits per heavy atom. The van der Waals surface area contributed by atoms with Gasteiger partial charge in [-0.05, 0) is 48.9 Å². The van der Waals surface area contributed by atoms with Gasteiger partial charge in [-0.15, -0.1) is 0 Å². The lowest BCUT2D eigenvalue weighted by Gasteiger charge is -2.18. The fourth-order valence-corrected chi connectivity index (χ4v) is 3.52. The molecule has 0 fully saturated rings. The molecule has 0 saturated carbocycles. The van der Waals surface area contributed by atoms with E-state index in [2.05, 4.69) is 25.3 Å². The molecule has 160 valence electrons. The van der Waals surface area contributed by atoms with Gasteiger partial charge in [-0.2, -0.15) is 0 Å². The minimum atomic E-state index is -0.694. The number of nitrogens with one attached hydrogen (secondary N) is 3. The summed E-state index contributed by atoms with van der Waals surface area (Å²) in [6, 6.07) is 12.2. The van der Waals surface area contributed by atoms with Gasteiger partial charge in [0.2, 0.25) is 0 Å². The van der Waals surface area contributed by atoms with E-state index < -0.39 is 17.2 Å². The zero-order valence-electron chi connectivity index (χ0n) is 16.9. The highest BCUT2D eigenvalue weighted by atomic mass is 16.6. The number of benzene rings is 1. The van der Waals surface area contributed by atoms with Crippen LogP contribution in [0.2, 0.25) is 0 Å². The molecule has 0 saturated heterocycles. The highest BCUT2D eigenvalue weighted by Gasteiger charge is 2.16. The third-order valence-corrected chi connectivity index (χ3v) is 4.96. The number of pyridine rings is 2. The predicted molar refractivity (Wildman–Crippen MR) is 116 cm³/mol. The Kier molecular flexibility index (Phi) is 4.66. The van der Waals surface area contributed by atoms with E-state index in [-0.39, 0.29) is 16.7 Å². The van der Waals surface area contributed by atoms with Gasteiger partial charge in [-0.3, -0.25) is 19.6 Å². The fraction of sp³-hybridized carbons (Fsp3) is 0.136. The molecule has 1 aliphatic heterocycles. The van der Waals surface area contributed by atoms with Crippen molar-refractivity contribution >= 4 is 22.8 Å². The molecule has 0 bridgehead atoms. The number of aromatic amines is 2. The van der Waals surface area contributed by atoms with Crippen molar-refractivity contribution in [2.75, 3.05) is 18.5 Å². The normalized spacial score (nSPS) is 12.5. The average molecular weight is 431 g/mol. The van der Waals surface area contributed by atoms with Crippen LogP contribution >= 0.6 is 0 Å². The standard InChI is InChI=1S/C22H17N5O5/c1-11-9-14(24-19-18(11)21(29)27-22(30)26-19)20(28)25-17-4-2-3-13(23-17)12-5-6-15-16(10-12)32-8-7-31-15/h2-6,9-10H,7-8H2,1H3,(H,23,25,28)(H2,24,26,27,29,30). The van der Waals surface area contributed by atoms with Crippen molar-refractivity contribution in [2.24, 2.45) is 0 Å². The average Bonchev–Trinajstić information content (AvgIpc) is 2.78. The SMILES string of the molecule is Cc1cc(C(=O)Nc2cccc(-c3ccc4c(c3)OCCO4)n2)nc2[nH]c(=O)[nH]c(=O)c12. The Morgan fingerprint density at radius 1 is 1.00 bits per heavy atom. The number of H-pyrrole nitrogens is 2. The van der Waals surface area contributed by atoms with E-state index >= 15 is 0 Å². The molecular formula is C22H17N5O5. The van der Waals surface area contributed by atoms with Crippen LogP contribution in [0.1, 0.15) is 16.1 Å². The molecule has 0 aliphatic carbocycles. The maximum absolute atomic E-state index is 12.8. The van der Waals surface area contributed by atoms with Gasteiger partial charge >= 0.3 is 5.69 Å². The van der Waals surface area contributed by atoms with Gasteiger partial charge in [0.1, 0.15) is 30.4 Å². The molecule has 4 heterocycles. The molecule has 0 unspecified atom stereocenters. The van der Waals surface area contributed by atoms with Crippen molar-refractivity contribution in [1.82, 2.24) is 19.9 Å². The molecule has 1 amide bonds. The number of nitrogens with zero attached hydrogens (tertiary/aromatic N) is 2. The van der Waals surface area contributed by atoms with Gasteiger partial charge in [-0.25, -0.2) is 14.8 Å². The largest absolute Gasteiger partial charge is 0.486 e. The summed E-state index contributed by atoms with van der Waals surface area (Å²) in [5, 5.41) is 2.93. The summed E-state index contributed by atoms with van der Waals surface area (Å²) >= 11 is 0. The first-order valence-corrected chi connectivity index (χ1v) is 9.80. The summed E-state index contributed by atoms with van der Waals surface area (Å²) in [5.74, 6) is 1.12. The number of aromatic nitrogens is 4. The quantitative estimate of drug-likeness (QED) is 0.451. The molecule has 3 aromatic heterocycles.